The topological polar surface area (TPSA) is 74.4 Å². The monoisotopic (exact) mass is 135 g/mol. The summed E-state index contributed by atoms with van der Waals surface area (Å²) in [5.41, 5.74) is 0.603. The Bertz CT molecular complexity index is 365. The fourth-order valence-electron chi connectivity index (χ4n) is 0.726. The van der Waals surface area contributed by atoms with Crippen LogP contribution in [0.15, 0.2) is 11.0 Å². The maximum atomic E-state index is 10.6. The zero-order valence-electron chi connectivity index (χ0n) is 4.88. The van der Waals surface area contributed by atoms with Gasteiger partial charge in [-0.15, -0.1) is 0 Å². The van der Waals surface area contributed by atoms with Gasteiger partial charge >= 0.3 is 5.69 Å². The van der Waals surface area contributed by atoms with E-state index in [1.165, 1.54) is 6.20 Å². The number of aromatic amines is 2. The quantitative estimate of drug-likeness (QED) is 0.508. The molecule has 5 nitrogen and oxygen atoms in total. The van der Waals surface area contributed by atoms with Crippen LogP contribution in [0.4, 0.5) is 0 Å². The summed E-state index contributed by atoms with van der Waals surface area (Å²) >= 11 is 0. The van der Waals surface area contributed by atoms with Crippen LogP contribution in [-0.4, -0.2) is 19.9 Å². The highest BCUT2D eigenvalue weighted by atomic mass is 16.1. The highest BCUT2D eigenvalue weighted by molar-refractivity contribution is 5.62. The molecule has 0 aliphatic carbocycles. The van der Waals surface area contributed by atoms with Gasteiger partial charge in [-0.1, -0.05) is 0 Å². The third-order valence-electron chi connectivity index (χ3n) is 1.12. The molecular formula is C5H3N4O. The molecule has 2 aromatic heterocycles. The van der Waals surface area contributed by atoms with Crippen LogP contribution in [0.5, 0.6) is 0 Å². The van der Waals surface area contributed by atoms with Gasteiger partial charge in [-0.05, 0) is 0 Å². The van der Waals surface area contributed by atoms with Crippen molar-refractivity contribution in [3.63, 3.8) is 0 Å². The second-order valence-corrected chi connectivity index (χ2v) is 1.78. The average Bonchev–Trinajstić information content (AvgIpc) is 2.27. The van der Waals surface area contributed by atoms with Crippen LogP contribution in [0.1, 0.15) is 0 Å². The largest absolute Gasteiger partial charge is 0.326 e. The maximum Gasteiger partial charge on any atom is 0.326 e. The van der Waals surface area contributed by atoms with E-state index < -0.39 is 0 Å². The van der Waals surface area contributed by atoms with Gasteiger partial charge in [-0.2, -0.15) is 0 Å². The SMILES string of the molecule is O=c1[nH]c2n[c]cnc2[nH]1. The van der Waals surface area contributed by atoms with Crippen LogP contribution >= 0.6 is 0 Å². The van der Waals surface area contributed by atoms with Crippen LogP contribution in [-0.2, 0) is 0 Å². The molecule has 0 fully saturated rings. The van der Waals surface area contributed by atoms with E-state index in [1.807, 2.05) is 0 Å². The number of H-pyrrole nitrogens is 2. The Labute approximate surface area is 55.1 Å². The Morgan fingerprint density at radius 1 is 1.40 bits per heavy atom. The first-order valence-electron chi connectivity index (χ1n) is 2.67. The molecule has 10 heavy (non-hydrogen) atoms. The summed E-state index contributed by atoms with van der Waals surface area (Å²) in [7, 11) is 0. The van der Waals surface area contributed by atoms with Crippen molar-refractivity contribution in [3.8, 4) is 0 Å². The molecule has 0 aliphatic rings. The summed E-state index contributed by atoms with van der Waals surface area (Å²) < 4.78 is 0. The lowest BCUT2D eigenvalue weighted by Gasteiger charge is -1.79. The van der Waals surface area contributed by atoms with Crippen LogP contribution in [0.25, 0.3) is 11.3 Å². The number of imidazole rings is 1. The molecule has 0 spiro atoms. The summed E-state index contributed by atoms with van der Waals surface area (Å²) in [5, 5.41) is 0. The molecule has 2 aromatic rings. The highest BCUT2D eigenvalue weighted by Crippen LogP contribution is 1.93. The van der Waals surface area contributed by atoms with Crippen LogP contribution in [0.2, 0.25) is 0 Å². The normalized spacial score (nSPS) is 10.4. The van der Waals surface area contributed by atoms with Gasteiger partial charge < -0.3 is 0 Å². The van der Waals surface area contributed by atoms with Gasteiger partial charge in [-0.3, -0.25) is 9.97 Å². The molecule has 0 unspecified atom stereocenters. The number of nitrogens with zero attached hydrogens (tertiary/aromatic N) is 2. The van der Waals surface area contributed by atoms with Gasteiger partial charge in [0.1, 0.15) is 6.20 Å². The molecule has 0 bridgehead atoms. The first-order valence-corrected chi connectivity index (χ1v) is 2.67. The van der Waals surface area contributed by atoms with Gasteiger partial charge in [0, 0.05) is 0 Å². The second-order valence-electron chi connectivity index (χ2n) is 1.78. The molecule has 0 saturated carbocycles. The van der Waals surface area contributed by atoms with Gasteiger partial charge in [0.05, 0.1) is 6.20 Å². The van der Waals surface area contributed by atoms with Gasteiger partial charge in [0.15, 0.2) is 11.3 Å². The van der Waals surface area contributed by atoms with E-state index in [-0.39, 0.29) is 5.69 Å². The molecule has 2 rings (SSSR count). The predicted molar refractivity (Wildman–Crippen MR) is 33.3 cm³/mol. The highest BCUT2D eigenvalue weighted by Gasteiger charge is 1.95. The summed E-state index contributed by atoms with van der Waals surface area (Å²) in [5.74, 6) is 0. The number of nitrogens with one attached hydrogen (secondary N) is 2. The Morgan fingerprint density at radius 2 is 2.20 bits per heavy atom. The minimum atomic E-state index is -0.297. The Hall–Kier alpha value is -1.65. The van der Waals surface area contributed by atoms with Crippen molar-refractivity contribution in [2.45, 2.75) is 0 Å². The standard InChI is InChI=1S/C5H3N4O/c10-5-8-3-4(9-5)7-2-1-6-3/h1H,(H2,6,7,8,9,10). The zero-order chi connectivity index (χ0) is 6.97. The third-order valence-corrected chi connectivity index (χ3v) is 1.12. The third kappa shape index (κ3) is 0.604. The molecule has 0 amide bonds. The molecule has 0 atom stereocenters. The van der Waals surface area contributed by atoms with Gasteiger partial charge in [-0.25, -0.2) is 14.8 Å². The summed E-state index contributed by atoms with van der Waals surface area (Å²) in [6.45, 7) is 0. The first-order chi connectivity index (χ1) is 4.86. The minimum absolute atomic E-state index is 0.297. The number of hydrogen-bond acceptors (Lipinski definition) is 3. The van der Waals surface area contributed by atoms with Crippen molar-refractivity contribution in [2.75, 3.05) is 0 Å². The number of fused-ring (bicyclic) bond motifs is 1. The van der Waals surface area contributed by atoms with Crippen molar-refractivity contribution < 1.29 is 0 Å². The van der Waals surface area contributed by atoms with Crippen LogP contribution in [0.3, 0.4) is 0 Å². The lowest BCUT2D eigenvalue weighted by molar-refractivity contribution is 1.20. The maximum absolute atomic E-state index is 10.6. The molecule has 1 radical (unpaired) electrons. The molecule has 49 valence electrons. The Morgan fingerprint density at radius 3 is 3.00 bits per heavy atom. The lowest BCUT2D eigenvalue weighted by Crippen LogP contribution is -1.99. The fraction of sp³-hybridized carbons (Fsp3) is 0. The molecule has 2 heterocycles. The first kappa shape index (κ1) is 5.16. The summed E-state index contributed by atoms with van der Waals surface area (Å²) in [6.07, 6.45) is 3.89. The van der Waals surface area contributed by atoms with Gasteiger partial charge in [0.2, 0.25) is 0 Å². The molecule has 0 aromatic carbocycles. The van der Waals surface area contributed by atoms with E-state index in [0.717, 1.165) is 0 Å². The molecule has 5 heteroatoms. The van der Waals surface area contributed by atoms with E-state index in [0.29, 0.717) is 11.3 Å². The van der Waals surface area contributed by atoms with E-state index in [4.69, 9.17) is 0 Å². The molecule has 2 N–H and O–H groups in total. The zero-order valence-corrected chi connectivity index (χ0v) is 4.88. The second kappa shape index (κ2) is 1.66. The van der Waals surface area contributed by atoms with Crippen LogP contribution in [0, 0.1) is 6.20 Å². The van der Waals surface area contributed by atoms with Crippen molar-refractivity contribution in [1.82, 2.24) is 19.9 Å². The number of rotatable bonds is 0. The summed E-state index contributed by atoms with van der Waals surface area (Å²) in [4.78, 5) is 23.0. The lowest BCUT2D eigenvalue weighted by atomic mass is 10.7. The van der Waals surface area contributed by atoms with Crippen molar-refractivity contribution in [3.05, 3.63) is 22.9 Å². The van der Waals surface area contributed by atoms with Crippen LogP contribution < -0.4 is 5.69 Å². The predicted octanol–water partition coefficient (Wildman–Crippen LogP) is -0.554. The van der Waals surface area contributed by atoms with Crippen molar-refractivity contribution in [2.24, 2.45) is 0 Å². The Balaban J connectivity index is 3.01. The number of aromatic nitrogens is 4. The summed E-state index contributed by atoms with van der Waals surface area (Å²) in [6, 6.07) is 0. The number of hydrogen-bond donors (Lipinski definition) is 2. The van der Waals surface area contributed by atoms with E-state index >= 15 is 0 Å². The molecule has 0 saturated heterocycles. The molecular weight excluding hydrogens is 132 g/mol. The van der Waals surface area contributed by atoms with E-state index in [9.17, 15) is 4.79 Å². The Kier molecular flexibility index (Phi) is 0.858. The molecule has 0 aliphatic heterocycles. The van der Waals surface area contributed by atoms with E-state index in [1.54, 1.807) is 0 Å². The smallest absolute Gasteiger partial charge is 0.289 e. The minimum Gasteiger partial charge on any atom is -0.289 e. The van der Waals surface area contributed by atoms with Gasteiger partial charge in [0.25, 0.3) is 0 Å². The van der Waals surface area contributed by atoms with Crippen molar-refractivity contribution >= 4 is 11.3 Å². The van der Waals surface area contributed by atoms with E-state index in [2.05, 4.69) is 26.1 Å². The fourth-order valence-corrected chi connectivity index (χ4v) is 0.726. The van der Waals surface area contributed by atoms with Crippen molar-refractivity contribution in [1.29, 1.82) is 0 Å². The average molecular weight is 135 g/mol.